The van der Waals surface area contributed by atoms with Crippen molar-refractivity contribution in [2.45, 2.75) is 13.3 Å². The van der Waals surface area contributed by atoms with Crippen molar-refractivity contribution in [3.63, 3.8) is 0 Å². The van der Waals surface area contributed by atoms with E-state index < -0.39 is 4.92 Å². The molecule has 0 N–H and O–H groups in total. The minimum absolute atomic E-state index is 0.0384. The lowest BCUT2D eigenvalue weighted by atomic mass is 9.83. The predicted octanol–water partition coefficient (Wildman–Crippen LogP) is 2.58. The number of nitro groups is 1. The summed E-state index contributed by atoms with van der Waals surface area (Å²) in [5.74, 6) is 0.721. The molecule has 4 unspecified atom stereocenters. The number of anilines is 1. The fraction of sp³-hybridized carbons (Fsp3) is 0.412. The fourth-order valence-electron chi connectivity index (χ4n) is 3.81. The Kier molecular flexibility index (Phi) is 3.98. The van der Waals surface area contributed by atoms with Crippen LogP contribution < -0.4 is 4.90 Å². The molecule has 1 fully saturated rings. The van der Waals surface area contributed by atoms with Gasteiger partial charge in [0.25, 0.3) is 5.69 Å². The van der Waals surface area contributed by atoms with E-state index in [2.05, 4.69) is 19.1 Å². The third-order valence-corrected chi connectivity index (χ3v) is 5.03. The molecule has 0 spiro atoms. The first kappa shape index (κ1) is 15.4. The quantitative estimate of drug-likeness (QED) is 0.362. The van der Waals surface area contributed by atoms with Gasteiger partial charge in [0.05, 0.1) is 11.5 Å². The molecule has 2 bridgehead atoms. The highest BCUT2D eigenvalue weighted by Gasteiger charge is 2.47. The van der Waals surface area contributed by atoms with Crippen molar-refractivity contribution in [2.24, 2.45) is 23.7 Å². The van der Waals surface area contributed by atoms with Crippen LogP contribution in [0.15, 0.2) is 36.4 Å². The molecule has 23 heavy (non-hydrogen) atoms. The summed E-state index contributed by atoms with van der Waals surface area (Å²) in [4.78, 5) is 35.7. The van der Waals surface area contributed by atoms with Crippen molar-refractivity contribution in [1.29, 1.82) is 0 Å². The summed E-state index contributed by atoms with van der Waals surface area (Å²) in [6, 6.07) is 5.75. The van der Waals surface area contributed by atoms with Crippen LogP contribution in [0.3, 0.4) is 0 Å². The van der Waals surface area contributed by atoms with Gasteiger partial charge in [0.1, 0.15) is 6.29 Å². The summed E-state index contributed by atoms with van der Waals surface area (Å²) in [5, 5.41) is 10.7. The number of benzene rings is 1. The highest BCUT2D eigenvalue weighted by molar-refractivity contribution is 5.98. The molecule has 1 saturated carbocycles. The maximum Gasteiger partial charge on any atom is 0.269 e. The molecular weight excluding hydrogens is 296 g/mol. The van der Waals surface area contributed by atoms with E-state index in [9.17, 15) is 19.7 Å². The second kappa shape index (κ2) is 5.95. The van der Waals surface area contributed by atoms with E-state index in [0.29, 0.717) is 17.9 Å². The molecule has 0 saturated heterocycles. The Hall–Kier alpha value is -2.50. The largest absolute Gasteiger partial charge is 0.305 e. The van der Waals surface area contributed by atoms with E-state index in [1.54, 1.807) is 0 Å². The second-order valence-electron chi connectivity index (χ2n) is 6.22. The smallest absolute Gasteiger partial charge is 0.269 e. The summed E-state index contributed by atoms with van der Waals surface area (Å²) < 4.78 is 0. The number of fused-ring (bicyclic) bond motifs is 2. The van der Waals surface area contributed by atoms with Crippen molar-refractivity contribution in [2.75, 3.05) is 11.4 Å². The maximum atomic E-state index is 13.0. The molecule has 120 valence electrons. The summed E-state index contributed by atoms with van der Waals surface area (Å²) >= 11 is 0. The van der Waals surface area contributed by atoms with Crippen molar-refractivity contribution in [3.8, 4) is 0 Å². The van der Waals surface area contributed by atoms with Gasteiger partial charge in [0, 0.05) is 23.7 Å². The topological polar surface area (TPSA) is 80.5 Å². The van der Waals surface area contributed by atoms with E-state index in [-0.39, 0.29) is 35.9 Å². The molecule has 0 aliphatic heterocycles. The van der Waals surface area contributed by atoms with Crippen LogP contribution in [0, 0.1) is 33.8 Å². The Bertz CT molecular complexity index is 668. The van der Waals surface area contributed by atoms with Crippen molar-refractivity contribution in [1.82, 2.24) is 0 Å². The molecule has 2 aliphatic rings. The van der Waals surface area contributed by atoms with Gasteiger partial charge in [-0.1, -0.05) is 19.1 Å². The highest BCUT2D eigenvalue weighted by atomic mass is 16.6. The third-order valence-electron chi connectivity index (χ3n) is 5.03. The minimum atomic E-state index is -0.488. The molecule has 3 rings (SSSR count). The van der Waals surface area contributed by atoms with Gasteiger partial charge in [-0.25, -0.2) is 0 Å². The molecule has 1 amide bonds. The van der Waals surface area contributed by atoms with Crippen molar-refractivity contribution in [3.05, 3.63) is 46.5 Å². The number of hydrogen-bond donors (Lipinski definition) is 0. The fourth-order valence-corrected chi connectivity index (χ4v) is 3.81. The number of carbonyl (C=O) groups is 2. The molecule has 0 radical (unpaired) electrons. The standard InChI is InChI=1S/C17H18N2O4/c1-11-12-2-3-13(10-12)16(11)17(21)18(8-9-20)14-4-6-15(7-5-14)19(22)23/h2-7,9,11-13,16H,8,10H2,1H3. The molecule has 4 atom stereocenters. The van der Waals surface area contributed by atoms with Crippen molar-refractivity contribution < 1.29 is 14.5 Å². The number of nitro benzene ring substituents is 1. The van der Waals surface area contributed by atoms with Crippen LogP contribution in [0.5, 0.6) is 0 Å². The van der Waals surface area contributed by atoms with Gasteiger partial charge in [-0.05, 0) is 36.3 Å². The van der Waals surface area contributed by atoms with Crippen LogP contribution in [0.25, 0.3) is 0 Å². The number of hydrogen-bond acceptors (Lipinski definition) is 4. The molecular formula is C17H18N2O4. The summed E-state index contributed by atoms with van der Waals surface area (Å²) in [5.41, 5.74) is 0.482. The maximum absolute atomic E-state index is 13.0. The summed E-state index contributed by atoms with van der Waals surface area (Å²) in [6.45, 7) is 2.03. The van der Waals surface area contributed by atoms with E-state index in [0.717, 1.165) is 6.42 Å². The lowest BCUT2D eigenvalue weighted by molar-refractivity contribution is -0.384. The van der Waals surface area contributed by atoms with E-state index in [4.69, 9.17) is 0 Å². The normalized spacial score (nSPS) is 27.9. The lowest BCUT2D eigenvalue weighted by Crippen LogP contribution is -2.41. The van der Waals surface area contributed by atoms with E-state index >= 15 is 0 Å². The number of allylic oxidation sites excluding steroid dienone is 2. The van der Waals surface area contributed by atoms with Crippen LogP contribution in [-0.2, 0) is 9.59 Å². The molecule has 6 heteroatoms. The summed E-state index contributed by atoms with van der Waals surface area (Å²) in [6.07, 6.45) is 5.96. The van der Waals surface area contributed by atoms with Crippen LogP contribution in [0.2, 0.25) is 0 Å². The molecule has 6 nitrogen and oxygen atoms in total. The van der Waals surface area contributed by atoms with Gasteiger partial charge >= 0.3 is 0 Å². The highest BCUT2D eigenvalue weighted by Crippen LogP contribution is 2.48. The first-order valence-corrected chi connectivity index (χ1v) is 7.70. The Balaban J connectivity index is 1.86. The number of nitrogens with zero attached hydrogens (tertiary/aromatic N) is 2. The lowest BCUT2D eigenvalue weighted by Gasteiger charge is -2.30. The number of amides is 1. The number of aldehydes is 1. The first-order valence-electron chi connectivity index (χ1n) is 7.70. The second-order valence-corrected chi connectivity index (χ2v) is 6.22. The van der Waals surface area contributed by atoms with Gasteiger partial charge in [0.2, 0.25) is 5.91 Å². The van der Waals surface area contributed by atoms with Crippen LogP contribution in [0.4, 0.5) is 11.4 Å². The molecule has 1 aromatic rings. The van der Waals surface area contributed by atoms with Gasteiger partial charge in [-0.3, -0.25) is 14.9 Å². The minimum Gasteiger partial charge on any atom is -0.305 e. The van der Waals surface area contributed by atoms with Gasteiger partial charge in [-0.15, -0.1) is 0 Å². The number of rotatable bonds is 5. The van der Waals surface area contributed by atoms with Gasteiger partial charge in [0.15, 0.2) is 0 Å². The molecule has 0 aromatic heterocycles. The van der Waals surface area contributed by atoms with Crippen LogP contribution in [0.1, 0.15) is 13.3 Å². The number of carbonyl (C=O) groups excluding carboxylic acids is 2. The molecule has 2 aliphatic carbocycles. The Morgan fingerprint density at radius 2 is 1.96 bits per heavy atom. The number of non-ortho nitro benzene ring substituents is 1. The van der Waals surface area contributed by atoms with Gasteiger partial charge < -0.3 is 9.69 Å². The van der Waals surface area contributed by atoms with Crippen LogP contribution in [-0.4, -0.2) is 23.7 Å². The zero-order chi connectivity index (χ0) is 16.6. The summed E-state index contributed by atoms with van der Waals surface area (Å²) in [7, 11) is 0. The Morgan fingerprint density at radius 3 is 2.48 bits per heavy atom. The van der Waals surface area contributed by atoms with E-state index in [1.165, 1.54) is 29.2 Å². The monoisotopic (exact) mass is 314 g/mol. The SMILES string of the molecule is CC1C2C=CC(C2)C1C(=O)N(CC=O)c1ccc([N+](=O)[O-])cc1. The van der Waals surface area contributed by atoms with Crippen molar-refractivity contribution >= 4 is 23.6 Å². The van der Waals surface area contributed by atoms with Gasteiger partial charge in [-0.2, -0.15) is 0 Å². The predicted molar refractivity (Wildman–Crippen MR) is 84.9 cm³/mol. The molecule has 1 aromatic carbocycles. The zero-order valence-corrected chi connectivity index (χ0v) is 12.8. The Morgan fingerprint density at radius 1 is 1.30 bits per heavy atom. The van der Waals surface area contributed by atoms with Crippen LogP contribution >= 0.6 is 0 Å². The Labute approximate surface area is 133 Å². The first-order chi connectivity index (χ1) is 11.0. The average molecular weight is 314 g/mol. The molecule has 0 heterocycles. The average Bonchev–Trinajstić information content (AvgIpc) is 3.13. The third kappa shape index (κ3) is 2.65. The van der Waals surface area contributed by atoms with E-state index in [1.807, 2.05) is 0 Å². The zero-order valence-electron chi connectivity index (χ0n) is 12.8.